The smallest absolute Gasteiger partial charge is 0.0625 e. The first-order chi connectivity index (χ1) is 8.62. The number of rotatable bonds is 8. The summed E-state index contributed by atoms with van der Waals surface area (Å²) in [5.41, 5.74) is 2.55. The Morgan fingerprint density at radius 1 is 1.39 bits per heavy atom. The van der Waals surface area contributed by atoms with Gasteiger partial charge < -0.3 is 0 Å². The van der Waals surface area contributed by atoms with Crippen LogP contribution in [0.5, 0.6) is 0 Å². The highest BCUT2D eigenvalue weighted by atomic mass is 79.9. The highest BCUT2D eigenvalue weighted by Gasteiger charge is 2.13. The number of alkyl halides is 1. The molecule has 104 valence electrons. The summed E-state index contributed by atoms with van der Waals surface area (Å²) in [5.74, 6) is 0. The van der Waals surface area contributed by atoms with Crippen molar-refractivity contribution in [1.29, 1.82) is 0 Å². The van der Waals surface area contributed by atoms with Crippen molar-refractivity contribution in [1.82, 2.24) is 14.7 Å². The molecule has 18 heavy (non-hydrogen) atoms. The van der Waals surface area contributed by atoms with E-state index in [2.05, 4.69) is 64.4 Å². The molecule has 0 atom stereocenters. The molecule has 0 aliphatic rings. The van der Waals surface area contributed by atoms with Gasteiger partial charge in [0.1, 0.15) is 0 Å². The first-order valence-electron chi connectivity index (χ1n) is 6.97. The number of aromatic nitrogens is 2. The van der Waals surface area contributed by atoms with Crippen molar-refractivity contribution in [2.24, 2.45) is 0 Å². The van der Waals surface area contributed by atoms with Gasteiger partial charge in [0.05, 0.1) is 11.4 Å². The molecule has 0 unspecified atom stereocenters. The zero-order valence-electron chi connectivity index (χ0n) is 12.1. The fraction of sp³-hybridized carbons (Fsp3) is 0.786. The maximum Gasteiger partial charge on any atom is 0.0625 e. The molecular formula is C14H26BrN3. The van der Waals surface area contributed by atoms with Gasteiger partial charge in [-0.1, -0.05) is 22.9 Å². The number of hydrogen-bond acceptors (Lipinski definition) is 2. The molecule has 1 aromatic heterocycles. The van der Waals surface area contributed by atoms with Crippen LogP contribution in [0.3, 0.4) is 0 Å². The lowest BCUT2D eigenvalue weighted by Crippen LogP contribution is -2.32. The largest absolute Gasteiger partial charge is 0.295 e. The van der Waals surface area contributed by atoms with Crippen LogP contribution in [0.4, 0.5) is 0 Å². The van der Waals surface area contributed by atoms with Gasteiger partial charge in [-0.15, -0.1) is 0 Å². The van der Waals surface area contributed by atoms with Gasteiger partial charge in [0.15, 0.2) is 0 Å². The third-order valence-corrected chi connectivity index (χ3v) is 3.81. The Balaban J connectivity index is 2.75. The third-order valence-electron chi connectivity index (χ3n) is 3.25. The van der Waals surface area contributed by atoms with E-state index < -0.39 is 0 Å². The zero-order valence-corrected chi connectivity index (χ0v) is 13.7. The maximum atomic E-state index is 4.62. The van der Waals surface area contributed by atoms with Crippen LogP contribution in [0, 0.1) is 0 Å². The minimum Gasteiger partial charge on any atom is -0.295 e. The Morgan fingerprint density at radius 2 is 2.11 bits per heavy atom. The Morgan fingerprint density at radius 3 is 2.61 bits per heavy atom. The minimum absolute atomic E-state index is 0.578. The number of nitrogens with zero attached hydrogens (tertiary/aromatic N) is 3. The SMILES string of the molecule is CCc1cc(CN(CCCBr)C(C)C)n(CC)n1. The van der Waals surface area contributed by atoms with Crippen LogP contribution in [0.2, 0.25) is 0 Å². The maximum absolute atomic E-state index is 4.62. The third kappa shape index (κ3) is 4.39. The van der Waals surface area contributed by atoms with E-state index >= 15 is 0 Å². The summed E-state index contributed by atoms with van der Waals surface area (Å²) in [7, 11) is 0. The van der Waals surface area contributed by atoms with Crippen LogP contribution in [0.1, 0.15) is 45.5 Å². The quantitative estimate of drug-likeness (QED) is 0.685. The van der Waals surface area contributed by atoms with Crippen molar-refractivity contribution < 1.29 is 0 Å². The summed E-state index contributed by atoms with van der Waals surface area (Å²) in [6.45, 7) is 12.0. The summed E-state index contributed by atoms with van der Waals surface area (Å²) in [4.78, 5) is 2.52. The van der Waals surface area contributed by atoms with Gasteiger partial charge in [-0.25, -0.2) is 0 Å². The molecule has 0 saturated heterocycles. The van der Waals surface area contributed by atoms with Crippen molar-refractivity contribution in [3.05, 3.63) is 17.5 Å². The molecule has 0 saturated carbocycles. The van der Waals surface area contributed by atoms with Crippen LogP contribution in [0.15, 0.2) is 6.07 Å². The Kier molecular flexibility index (Phi) is 6.94. The van der Waals surface area contributed by atoms with Gasteiger partial charge in [0.25, 0.3) is 0 Å². The molecule has 0 aliphatic carbocycles. The van der Waals surface area contributed by atoms with E-state index in [-0.39, 0.29) is 0 Å². The van der Waals surface area contributed by atoms with Gasteiger partial charge in [-0.05, 0) is 46.2 Å². The minimum atomic E-state index is 0.578. The second-order valence-corrected chi connectivity index (χ2v) is 5.70. The van der Waals surface area contributed by atoms with E-state index in [1.807, 2.05) is 0 Å². The highest BCUT2D eigenvalue weighted by molar-refractivity contribution is 9.09. The van der Waals surface area contributed by atoms with E-state index in [4.69, 9.17) is 0 Å². The molecule has 0 bridgehead atoms. The Labute approximate surface area is 120 Å². The van der Waals surface area contributed by atoms with Crippen molar-refractivity contribution in [3.8, 4) is 0 Å². The lowest BCUT2D eigenvalue weighted by molar-refractivity contribution is 0.208. The van der Waals surface area contributed by atoms with Crippen LogP contribution < -0.4 is 0 Å². The molecule has 0 spiro atoms. The van der Waals surface area contributed by atoms with E-state index in [1.165, 1.54) is 17.8 Å². The predicted molar refractivity (Wildman–Crippen MR) is 81.2 cm³/mol. The average Bonchev–Trinajstić information content (AvgIpc) is 2.76. The van der Waals surface area contributed by atoms with Crippen molar-refractivity contribution in [2.45, 2.75) is 59.7 Å². The summed E-state index contributed by atoms with van der Waals surface area (Å²) in [6, 6.07) is 2.84. The molecule has 3 nitrogen and oxygen atoms in total. The number of hydrogen-bond donors (Lipinski definition) is 0. The molecule has 1 heterocycles. The molecule has 4 heteroatoms. The molecule has 0 aliphatic heterocycles. The zero-order chi connectivity index (χ0) is 13.5. The number of aryl methyl sites for hydroxylation is 2. The highest BCUT2D eigenvalue weighted by Crippen LogP contribution is 2.12. The normalized spacial score (nSPS) is 11.7. The van der Waals surface area contributed by atoms with Gasteiger partial charge in [0, 0.05) is 24.5 Å². The van der Waals surface area contributed by atoms with Crippen molar-refractivity contribution in [2.75, 3.05) is 11.9 Å². The van der Waals surface area contributed by atoms with Gasteiger partial charge >= 0.3 is 0 Å². The van der Waals surface area contributed by atoms with Crippen molar-refractivity contribution in [3.63, 3.8) is 0 Å². The lowest BCUT2D eigenvalue weighted by Gasteiger charge is -2.26. The summed E-state index contributed by atoms with van der Waals surface area (Å²) < 4.78 is 2.14. The monoisotopic (exact) mass is 315 g/mol. The fourth-order valence-electron chi connectivity index (χ4n) is 2.08. The van der Waals surface area contributed by atoms with Gasteiger partial charge in [-0.3, -0.25) is 9.58 Å². The topological polar surface area (TPSA) is 21.1 Å². The van der Waals surface area contributed by atoms with E-state index in [0.717, 1.165) is 31.4 Å². The van der Waals surface area contributed by atoms with Crippen molar-refractivity contribution >= 4 is 15.9 Å². The molecule has 0 N–H and O–H groups in total. The first-order valence-corrected chi connectivity index (χ1v) is 8.10. The van der Waals surface area contributed by atoms with Crippen LogP contribution >= 0.6 is 15.9 Å². The molecule has 0 fully saturated rings. The van der Waals surface area contributed by atoms with Crippen LogP contribution in [-0.2, 0) is 19.5 Å². The molecular weight excluding hydrogens is 290 g/mol. The van der Waals surface area contributed by atoms with E-state index in [1.54, 1.807) is 0 Å². The van der Waals surface area contributed by atoms with Gasteiger partial charge in [-0.2, -0.15) is 5.10 Å². The van der Waals surface area contributed by atoms with E-state index in [9.17, 15) is 0 Å². The Hall–Kier alpha value is -0.350. The second kappa shape index (κ2) is 7.95. The molecule has 1 aromatic rings. The standard InChI is InChI=1S/C14H26BrN3/c1-5-13-10-14(18(6-2)16-13)11-17(12(3)4)9-7-8-15/h10,12H,5-9,11H2,1-4H3. The van der Waals surface area contributed by atoms with Crippen LogP contribution in [0.25, 0.3) is 0 Å². The number of halogens is 1. The lowest BCUT2D eigenvalue weighted by atomic mass is 10.2. The van der Waals surface area contributed by atoms with Crippen LogP contribution in [-0.4, -0.2) is 32.6 Å². The molecule has 0 amide bonds. The van der Waals surface area contributed by atoms with Gasteiger partial charge in [0.2, 0.25) is 0 Å². The second-order valence-electron chi connectivity index (χ2n) is 4.90. The Bertz CT molecular complexity index is 347. The summed E-state index contributed by atoms with van der Waals surface area (Å²) in [5, 5.41) is 5.69. The summed E-state index contributed by atoms with van der Waals surface area (Å²) in [6.07, 6.45) is 2.21. The first kappa shape index (κ1) is 15.7. The summed E-state index contributed by atoms with van der Waals surface area (Å²) >= 11 is 3.51. The molecule has 0 radical (unpaired) electrons. The van der Waals surface area contributed by atoms with E-state index in [0.29, 0.717) is 6.04 Å². The fourth-order valence-corrected chi connectivity index (χ4v) is 2.33. The molecule has 0 aromatic carbocycles. The predicted octanol–water partition coefficient (Wildman–Crippen LogP) is 3.46. The average molecular weight is 316 g/mol. The molecule has 1 rings (SSSR count).